The van der Waals surface area contributed by atoms with E-state index in [-0.39, 0.29) is 0 Å². The van der Waals surface area contributed by atoms with Crippen LogP contribution in [-0.2, 0) is 10.9 Å². The molecule has 0 N–H and O–H groups in total. The highest BCUT2D eigenvalue weighted by Crippen LogP contribution is 2.32. The van der Waals surface area contributed by atoms with E-state index in [1.165, 1.54) is 19.2 Å². The first kappa shape index (κ1) is 11.8. The molecule has 84 valence electrons. The summed E-state index contributed by atoms with van der Waals surface area (Å²) in [5, 5.41) is 3.95. The number of hydrogen-bond acceptors (Lipinski definition) is 1. The minimum absolute atomic E-state index is 0.321. The Bertz CT molecular complexity index is 312. The van der Waals surface area contributed by atoms with Gasteiger partial charge in [-0.2, -0.15) is 13.2 Å². The van der Waals surface area contributed by atoms with Crippen LogP contribution in [0.2, 0.25) is 0 Å². The van der Waals surface area contributed by atoms with E-state index in [0.717, 1.165) is 12.1 Å². The molecule has 0 unspecified atom stereocenters. The van der Waals surface area contributed by atoms with Crippen molar-refractivity contribution in [1.82, 2.24) is 0 Å². The standard InChI is InChI=1S/C10H11F3NO/c1-15-6-5-14-9-4-2-3-8(7-9)10(11,12)13/h2-4,7H,5-6H2,1H3/q-1. The lowest BCUT2D eigenvalue weighted by Gasteiger charge is -2.21. The third-order valence-corrected chi connectivity index (χ3v) is 1.76. The Kier molecular flexibility index (Phi) is 3.96. The summed E-state index contributed by atoms with van der Waals surface area (Å²) in [6.07, 6.45) is -4.31. The molecule has 0 aliphatic rings. The topological polar surface area (TPSA) is 23.3 Å². The van der Waals surface area contributed by atoms with E-state index < -0.39 is 11.7 Å². The average Bonchev–Trinajstić information content (AvgIpc) is 2.17. The number of ether oxygens (including phenoxy) is 1. The Morgan fingerprint density at radius 3 is 2.67 bits per heavy atom. The molecule has 0 atom stereocenters. The lowest BCUT2D eigenvalue weighted by atomic mass is 10.2. The van der Waals surface area contributed by atoms with Gasteiger partial charge in [-0.05, 0) is 0 Å². The first-order valence-corrected chi connectivity index (χ1v) is 4.38. The molecule has 0 spiro atoms. The summed E-state index contributed by atoms with van der Waals surface area (Å²) in [6.45, 7) is 0.758. The highest BCUT2D eigenvalue weighted by molar-refractivity contribution is 5.50. The SMILES string of the molecule is COCC[N-]c1cccc(C(F)(F)F)c1. The fourth-order valence-electron chi connectivity index (χ4n) is 1.05. The number of alkyl halides is 3. The Morgan fingerprint density at radius 1 is 1.33 bits per heavy atom. The van der Waals surface area contributed by atoms with Gasteiger partial charge in [0.1, 0.15) is 0 Å². The van der Waals surface area contributed by atoms with E-state index in [1.54, 1.807) is 0 Å². The van der Waals surface area contributed by atoms with Crippen LogP contribution in [0.3, 0.4) is 0 Å². The molecule has 15 heavy (non-hydrogen) atoms. The van der Waals surface area contributed by atoms with Gasteiger partial charge in [-0.1, -0.05) is 24.3 Å². The molecule has 0 bridgehead atoms. The molecule has 0 saturated carbocycles. The Balaban J connectivity index is 2.66. The number of benzene rings is 1. The summed E-state index contributed by atoms with van der Waals surface area (Å²) in [6, 6.07) is 4.92. The van der Waals surface area contributed by atoms with E-state index in [9.17, 15) is 13.2 Å². The smallest absolute Gasteiger partial charge is 0.416 e. The zero-order chi connectivity index (χ0) is 11.3. The molecule has 0 radical (unpaired) electrons. The minimum atomic E-state index is -4.31. The van der Waals surface area contributed by atoms with Gasteiger partial charge in [0.05, 0.1) is 5.56 Å². The zero-order valence-electron chi connectivity index (χ0n) is 8.21. The van der Waals surface area contributed by atoms with Gasteiger partial charge in [-0.3, -0.25) is 0 Å². The second kappa shape index (κ2) is 5.02. The van der Waals surface area contributed by atoms with E-state index in [1.807, 2.05) is 0 Å². The second-order valence-corrected chi connectivity index (χ2v) is 2.92. The Morgan fingerprint density at radius 2 is 2.07 bits per heavy atom. The van der Waals surface area contributed by atoms with Crippen LogP contribution in [0, 0.1) is 0 Å². The van der Waals surface area contributed by atoms with Crippen LogP contribution in [0.1, 0.15) is 5.56 Å². The maximum Gasteiger partial charge on any atom is 0.416 e. The van der Waals surface area contributed by atoms with Gasteiger partial charge in [0.25, 0.3) is 0 Å². The molecule has 1 aromatic carbocycles. The maximum absolute atomic E-state index is 12.3. The van der Waals surface area contributed by atoms with E-state index in [4.69, 9.17) is 4.74 Å². The monoisotopic (exact) mass is 218 g/mol. The largest absolute Gasteiger partial charge is 0.683 e. The van der Waals surface area contributed by atoms with Crippen molar-refractivity contribution in [3.8, 4) is 0 Å². The quantitative estimate of drug-likeness (QED) is 0.711. The van der Waals surface area contributed by atoms with E-state index in [0.29, 0.717) is 18.8 Å². The first-order valence-electron chi connectivity index (χ1n) is 4.38. The maximum atomic E-state index is 12.3. The highest BCUT2D eigenvalue weighted by atomic mass is 19.4. The lowest BCUT2D eigenvalue weighted by Crippen LogP contribution is -2.04. The van der Waals surface area contributed by atoms with Gasteiger partial charge in [0, 0.05) is 13.7 Å². The van der Waals surface area contributed by atoms with Gasteiger partial charge in [-0.25, -0.2) is 0 Å². The Labute approximate surface area is 86.1 Å². The lowest BCUT2D eigenvalue weighted by molar-refractivity contribution is -0.137. The van der Waals surface area contributed by atoms with Crippen LogP contribution in [-0.4, -0.2) is 20.3 Å². The van der Waals surface area contributed by atoms with Gasteiger partial charge in [0.2, 0.25) is 0 Å². The second-order valence-electron chi connectivity index (χ2n) is 2.92. The third kappa shape index (κ3) is 3.79. The molecule has 0 fully saturated rings. The molecule has 0 amide bonds. The molecular weight excluding hydrogens is 207 g/mol. The van der Waals surface area contributed by atoms with Crippen molar-refractivity contribution in [2.24, 2.45) is 0 Å². The van der Waals surface area contributed by atoms with Crippen LogP contribution in [0.25, 0.3) is 5.32 Å². The molecule has 0 saturated heterocycles. The number of halogens is 3. The van der Waals surface area contributed by atoms with Crippen LogP contribution in [0.4, 0.5) is 18.9 Å². The summed E-state index contributed by atoms with van der Waals surface area (Å²) < 4.78 is 41.6. The number of nitrogens with zero attached hydrogens (tertiary/aromatic N) is 1. The van der Waals surface area contributed by atoms with Crippen LogP contribution in [0.5, 0.6) is 0 Å². The number of rotatable bonds is 4. The minimum Gasteiger partial charge on any atom is -0.683 e. The molecule has 1 aromatic rings. The molecule has 2 nitrogen and oxygen atoms in total. The summed E-state index contributed by atoms with van der Waals surface area (Å²) in [5.74, 6) is 0. The average molecular weight is 218 g/mol. The molecular formula is C10H11F3NO-. The molecule has 0 aromatic heterocycles. The van der Waals surface area contributed by atoms with Crippen molar-refractivity contribution in [2.75, 3.05) is 20.3 Å². The van der Waals surface area contributed by atoms with Gasteiger partial charge < -0.3 is 10.1 Å². The molecule has 1 rings (SSSR count). The number of hydrogen-bond donors (Lipinski definition) is 0. The first-order chi connectivity index (χ1) is 7.04. The fourth-order valence-corrected chi connectivity index (χ4v) is 1.05. The normalized spacial score (nSPS) is 11.5. The molecule has 5 heteroatoms. The van der Waals surface area contributed by atoms with Crippen molar-refractivity contribution in [3.05, 3.63) is 35.1 Å². The van der Waals surface area contributed by atoms with Crippen molar-refractivity contribution in [3.63, 3.8) is 0 Å². The predicted molar refractivity (Wildman–Crippen MR) is 51.2 cm³/mol. The van der Waals surface area contributed by atoms with Crippen molar-refractivity contribution >= 4 is 5.69 Å². The number of methoxy groups -OCH3 is 1. The molecule has 0 aliphatic carbocycles. The summed E-state index contributed by atoms with van der Waals surface area (Å²) in [5.41, 5.74) is -0.358. The molecule has 0 aliphatic heterocycles. The zero-order valence-corrected chi connectivity index (χ0v) is 8.21. The van der Waals surface area contributed by atoms with Crippen LogP contribution in [0.15, 0.2) is 24.3 Å². The van der Waals surface area contributed by atoms with Crippen molar-refractivity contribution in [1.29, 1.82) is 0 Å². The summed E-state index contributed by atoms with van der Waals surface area (Å²) in [7, 11) is 1.52. The fraction of sp³-hybridized carbons (Fsp3) is 0.400. The third-order valence-electron chi connectivity index (χ3n) is 1.76. The van der Waals surface area contributed by atoms with Crippen molar-refractivity contribution in [2.45, 2.75) is 6.18 Å². The van der Waals surface area contributed by atoms with Crippen molar-refractivity contribution < 1.29 is 17.9 Å². The Hall–Kier alpha value is -1.23. The van der Waals surface area contributed by atoms with Gasteiger partial charge >= 0.3 is 6.18 Å². The summed E-state index contributed by atoms with van der Waals surface area (Å²) in [4.78, 5) is 0. The van der Waals surface area contributed by atoms with Gasteiger partial charge in [-0.15, -0.1) is 12.2 Å². The van der Waals surface area contributed by atoms with Crippen LogP contribution < -0.4 is 0 Å². The predicted octanol–water partition coefficient (Wildman–Crippen LogP) is 3.36. The van der Waals surface area contributed by atoms with Gasteiger partial charge in [0.15, 0.2) is 0 Å². The van der Waals surface area contributed by atoms with E-state index in [2.05, 4.69) is 5.32 Å². The highest BCUT2D eigenvalue weighted by Gasteiger charge is 2.29. The van der Waals surface area contributed by atoms with Crippen LogP contribution >= 0.6 is 0 Å². The molecule has 0 heterocycles. The summed E-state index contributed by atoms with van der Waals surface area (Å²) >= 11 is 0. The van der Waals surface area contributed by atoms with E-state index >= 15 is 0 Å².